The van der Waals surface area contributed by atoms with E-state index in [1.807, 2.05) is 29.5 Å². The summed E-state index contributed by atoms with van der Waals surface area (Å²) < 4.78 is 5.09. The number of unbranched alkanes of at least 4 members (excludes halogenated alkanes) is 2. The fourth-order valence-corrected chi connectivity index (χ4v) is 9.64. The highest BCUT2D eigenvalue weighted by Crippen LogP contribution is 2.45. The van der Waals surface area contributed by atoms with Crippen LogP contribution in [0, 0.1) is 0 Å². The molecule has 0 fully saturated rings. The van der Waals surface area contributed by atoms with Crippen LogP contribution in [0.15, 0.2) is 158 Å². The number of hydrogen-bond acceptors (Lipinski definition) is 4. The highest BCUT2D eigenvalue weighted by molar-refractivity contribution is 7.26. The highest BCUT2D eigenvalue weighted by Gasteiger charge is 2.19. The summed E-state index contributed by atoms with van der Waals surface area (Å²) in [6.07, 6.45) is 6.99. The van der Waals surface area contributed by atoms with Crippen molar-refractivity contribution >= 4 is 53.3 Å². The maximum atomic E-state index is 5.06. The molecule has 4 nitrogen and oxygen atoms in total. The Balaban J connectivity index is 1.07. The summed E-state index contributed by atoms with van der Waals surface area (Å²) in [4.78, 5) is 15.1. The molecule has 282 valence electrons. The van der Waals surface area contributed by atoms with Crippen LogP contribution in [0.3, 0.4) is 0 Å². The van der Waals surface area contributed by atoms with E-state index in [0.29, 0.717) is 17.5 Å². The largest absolute Gasteiger partial charge is 0.309 e. The second kappa shape index (κ2) is 15.5. The van der Waals surface area contributed by atoms with E-state index < -0.39 is 0 Å². The zero-order valence-electron chi connectivity index (χ0n) is 33.0. The van der Waals surface area contributed by atoms with Crippen LogP contribution in [0.25, 0.3) is 93.0 Å². The number of rotatable bonds is 11. The quantitative estimate of drug-likeness (QED) is 0.132. The van der Waals surface area contributed by atoms with Gasteiger partial charge < -0.3 is 4.57 Å². The monoisotopic (exact) mass is 768 g/mol. The topological polar surface area (TPSA) is 43.6 Å². The van der Waals surface area contributed by atoms with Gasteiger partial charge in [-0.05, 0) is 90.9 Å². The number of aromatic nitrogens is 4. The van der Waals surface area contributed by atoms with Crippen molar-refractivity contribution in [2.45, 2.75) is 52.4 Å². The predicted octanol–water partition coefficient (Wildman–Crippen LogP) is 14.7. The molecule has 0 saturated carbocycles. The maximum Gasteiger partial charge on any atom is 0.164 e. The molecule has 0 N–H and O–H groups in total. The number of para-hydroxylation sites is 1. The van der Waals surface area contributed by atoms with Crippen molar-refractivity contribution in [3.63, 3.8) is 0 Å². The molecular weight excluding hydrogens is 725 g/mol. The van der Waals surface area contributed by atoms with E-state index in [1.54, 1.807) is 0 Å². The maximum absolute atomic E-state index is 5.06. The summed E-state index contributed by atoms with van der Waals surface area (Å²) in [6.45, 7) is 4.50. The van der Waals surface area contributed by atoms with Gasteiger partial charge >= 0.3 is 0 Å². The smallest absolute Gasteiger partial charge is 0.164 e. The average molecular weight is 769 g/mol. The zero-order valence-corrected chi connectivity index (χ0v) is 33.8. The van der Waals surface area contributed by atoms with Gasteiger partial charge in [-0.2, -0.15) is 0 Å². The SMILES string of the molecule is CCCCc1ccc(-c2nc(-c3ccccc3)nc(-c3ccc(-n4c5ccccc5c5c(-c6cccc7c6sc6ccc(CCCC)cc67)cccc54)cc3)n2)cc1. The molecule has 3 heterocycles. The van der Waals surface area contributed by atoms with Crippen molar-refractivity contribution in [1.82, 2.24) is 19.5 Å². The second-order valence-corrected chi connectivity index (χ2v) is 16.3. The van der Waals surface area contributed by atoms with Gasteiger partial charge in [0.05, 0.1) is 11.0 Å². The Morgan fingerprint density at radius 1 is 0.466 bits per heavy atom. The Morgan fingerprint density at radius 3 is 1.76 bits per heavy atom. The fourth-order valence-electron chi connectivity index (χ4n) is 8.43. The third kappa shape index (κ3) is 6.55. The molecule has 0 atom stereocenters. The summed E-state index contributed by atoms with van der Waals surface area (Å²) in [7, 11) is 0. The molecule has 10 aromatic rings. The molecule has 0 aliphatic heterocycles. The molecular formula is C53H44N4S. The van der Waals surface area contributed by atoms with Crippen molar-refractivity contribution < 1.29 is 0 Å². The summed E-state index contributed by atoms with van der Waals surface area (Å²) >= 11 is 1.91. The second-order valence-electron chi connectivity index (χ2n) is 15.3. The van der Waals surface area contributed by atoms with E-state index >= 15 is 0 Å². The minimum absolute atomic E-state index is 0.656. The number of aryl methyl sites for hydroxylation is 2. The number of thiophene rings is 1. The Morgan fingerprint density at radius 2 is 1.03 bits per heavy atom. The van der Waals surface area contributed by atoms with E-state index in [2.05, 4.69) is 158 Å². The first-order chi connectivity index (χ1) is 28.7. The Kier molecular flexibility index (Phi) is 9.60. The Bertz CT molecular complexity index is 3070. The molecule has 7 aromatic carbocycles. The van der Waals surface area contributed by atoms with Crippen molar-refractivity contribution in [3.8, 4) is 51.0 Å². The Hall–Kier alpha value is -6.43. The van der Waals surface area contributed by atoms with Crippen molar-refractivity contribution in [2.24, 2.45) is 0 Å². The highest BCUT2D eigenvalue weighted by atomic mass is 32.1. The minimum Gasteiger partial charge on any atom is -0.309 e. The van der Waals surface area contributed by atoms with Gasteiger partial charge in [-0.3, -0.25) is 0 Å². The molecule has 3 aromatic heterocycles. The molecule has 0 saturated heterocycles. The lowest BCUT2D eigenvalue weighted by atomic mass is 9.97. The van der Waals surface area contributed by atoms with Gasteiger partial charge in [0.25, 0.3) is 0 Å². The van der Waals surface area contributed by atoms with Gasteiger partial charge in [-0.25, -0.2) is 15.0 Å². The van der Waals surface area contributed by atoms with E-state index in [-0.39, 0.29) is 0 Å². The van der Waals surface area contributed by atoms with E-state index in [1.165, 1.54) is 89.9 Å². The molecule has 0 radical (unpaired) electrons. The lowest BCUT2D eigenvalue weighted by Gasteiger charge is -2.11. The number of nitrogens with zero attached hydrogens (tertiary/aromatic N) is 4. The minimum atomic E-state index is 0.656. The first kappa shape index (κ1) is 35.9. The van der Waals surface area contributed by atoms with E-state index in [4.69, 9.17) is 15.0 Å². The lowest BCUT2D eigenvalue weighted by molar-refractivity contribution is 0.795. The van der Waals surface area contributed by atoms with Crippen LogP contribution < -0.4 is 0 Å². The summed E-state index contributed by atoms with van der Waals surface area (Å²) in [5.74, 6) is 2.00. The van der Waals surface area contributed by atoms with Gasteiger partial charge in [-0.1, -0.05) is 136 Å². The molecule has 58 heavy (non-hydrogen) atoms. The molecule has 0 aliphatic rings. The normalized spacial score (nSPS) is 11.7. The van der Waals surface area contributed by atoms with Gasteiger partial charge in [0.15, 0.2) is 17.5 Å². The first-order valence-corrected chi connectivity index (χ1v) is 21.5. The molecule has 10 rings (SSSR count). The van der Waals surface area contributed by atoms with Gasteiger partial charge in [0.1, 0.15) is 0 Å². The summed E-state index contributed by atoms with van der Waals surface area (Å²) in [5.41, 5.74) is 11.7. The number of hydrogen-bond donors (Lipinski definition) is 0. The van der Waals surface area contributed by atoms with Crippen molar-refractivity contribution in [2.75, 3.05) is 0 Å². The van der Waals surface area contributed by atoms with E-state index in [0.717, 1.165) is 35.2 Å². The molecule has 0 aliphatic carbocycles. The van der Waals surface area contributed by atoms with E-state index in [9.17, 15) is 0 Å². The van der Waals surface area contributed by atoms with Crippen LogP contribution in [0.1, 0.15) is 50.7 Å². The molecule has 0 amide bonds. The van der Waals surface area contributed by atoms with Crippen LogP contribution in [0.4, 0.5) is 0 Å². The van der Waals surface area contributed by atoms with Gasteiger partial charge in [-0.15, -0.1) is 11.3 Å². The van der Waals surface area contributed by atoms with Gasteiger partial charge in [0.2, 0.25) is 0 Å². The Labute approximate surface area is 343 Å². The zero-order chi connectivity index (χ0) is 39.0. The van der Waals surface area contributed by atoms with Gasteiger partial charge in [0, 0.05) is 58.9 Å². The molecule has 0 bridgehead atoms. The standard InChI is InChI=1S/C53H44N4S/c1-3-5-14-35-24-27-38(28-25-35)52-54-51(37-16-8-7-9-17-37)55-53(56-52)39-29-31-40(32-30-39)57-46-22-11-10-18-44(46)49-41(19-13-23-47(49)57)42-20-12-21-43-45-34-36(15-6-4-2)26-33-48(45)58-50(42)43/h7-13,16-34H,3-6,14-15H2,1-2H3. The predicted molar refractivity (Wildman–Crippen MR) is 246 cm³/mol. The summed E-state index contributed by atoms with van der Waals surface area (Å²) in [5, 5.41) is 5.22. The lowest BCUT2D eigenvalue weighted by Crippen LogP contribution is -2.00. The van der Waals surface area contributed by atoms with Crippen molar-refractivity contribution in [3.05, 3.63) is 169 Å². The van der Waals surface area contributed by atoms with Crippen LogP contribution in [-0.2, 0) is 12.8 Å². The molecule has 5 heteroatoms. The summed E-state index contributed by atoms with van der Waals surface area (Å²) in [6, 6.07) is 57.1. The fraction of sp³-hybridized carbons (Fsp3) is 0.151. The van der Waals surface area contributed by atoms with Crippen LogP contribution in [0.2, 0.25) is 0 Å². The average Bonchev–Trinajstić information content (AvgIpc) is 3.84. The van der Waals surface area contributed by atoms with Crippen molar-refractivity contribution in [1.29, 1.82) is 0 Å². The number of benzene rings is 7. The van der Waals surface area contributed by atoms with Crippen LogP contribution in [0.5, 0.6) is 0 Å². The molecule has 0 spiro atoms. The number of fused-ring (bicyclic) bond motifs is 6. The first-order valence-electron chi connectivity index (χ1n) is 20.6. The molecule has 0 unspecified atom stereocenters. The van der Waals surface area contributed by atoms with Crippen LogP contribution >= 0.6 is 11.3 Å². The third-order valence-electron chi connectivity index (χ3n) is 11.5. The van der Waals surface area contributed by atoms with Crippen LogP contribution in [-0.4, -0.2) is 19.5 Å². The third-order valence-corrected chi connectivity index (χ3v) is 12.7.